The summed E-state index contributed by atoms with van der Waals surface area (Å²) < 4.78 is 18.0. The van der Waals surface area contributed by atoms with E-state index in [2.05, 4.69) is 0 Å². The normalized spacial score (nSPS) is 10.3. The number of phenols is 2. The van der Waals surface area contributed by atoms with E-state index in [-0.39, 0.29) is 11.5 Å². The number of hydrogen-bond acceptors (Lipinski definition) is 5. The number of para-hydroxylation sites is 2. The van der Waals surface area contributed by atoms with Crippen LogP contribution in [0.1, 0.15) is 0 Å². The van der Waals surface area contributed by atoms with E-state index >= 15 is 0 Å². The number of rotatable bonds is 6. The van der Waals surface area contributed by atoms with Gasteiger partial charge in [0.05, 0.1) is 0 Å². The van der Waals surface area contributed by atoms with Gasteiger partial charge in [-0.05, 0) is 72.8 Å². The minimum absolute atomic E-state index is 0.145. The SMILES string of the molecule is Oc1ccc(Oc2cccc(Oc3ccccc3)c2Oc2ccc(O)cc2)cc1. The van der Waals surface area contributed by atoms with Crippen LogP contribution in [-0.4, -0.2) is 10.2 Å². The van der Waals surface area contributed by atoms with E-state index in [9.17, 15) is 10.2 Å². The fraction of sp³-hybridized carbons (Fsp3) is 0. The summed E-state index contributed by atoms with van der Waals surface area (Å²) in [5, 5.41) is 19.0. The molecule has 29 heavy (non-hydrogen) atoms. The predicted molar refractivity (Wildman–Crippen MR) is 109 cm³/mol. The van der Waals surface area contributed by atoms with Gasteiger partial charge in [0, 0.05) is 0 Å². The summed E-state index contributed by atoms with van der Waals surface area (Å²) in [6.07, 6.45) is 0. The molecule has 0 aromatic heterocycles. The van der Waals surface area contributed by atoms with E-state index < -0.39 is 0 Å². The topological polar surface area (TPSA) is 68.2 Å². The van der Waals surface area contributed by atoms with E-state index in [1.165, 1.54) is 12.1 Å². The van der Waals surface area contributed by atoms with Gasteiger partial charge in [0.1, 0.15) is 28.7 Å². The lowest BCUT2D eigenvalue weighted by molar-refractivity contribution is 0.385. The Hall–Kier alpha value is -4.12. The average molecular weight is 386 g/mol. The van der Waals surface area contributed by atoms with Crippen molar-refractivity contribution in [3.05, 3.63) is 97.1 Å². The van der Waals surface area contributed by atoms with Crippen LogP contribution >= 0.6 is 0 Å². The van der Waals surface area contributed by atoms with Crippen LogP contribution in [-0.2, 0) is 0 Å². The van der Waals surface area contributed by atoms with Crippen molar-refractivity contribution >= 4 is 0 Å². The van der Waals surface area contributed by atoms with Crippen molar-refractivity contribution in [3.63, 3.8) is 0 Å². The zero-order valence-electron chi connectivity index (χ0n) is 15.4. The smallest absolute Gasteiger partial charge is 0.212 e. The Balaban J connectivity index is 1.71. The van der Waals surface area contributed by atoms with Gasteiger partial charge < -0.3 is 24.4 Å². The van der Waals surface area contributed by atoms with Crippen LogP contribution in [0.5, 0.6) is 46.0 Å². The Morgan fingerprint density at radius 1 is 0.414 bits per heavy atom. The molecule has 0 saturated carbocycles. The first-order chi connectivity index (χ1) is 14.2. The van der Waals surface area contributed by atoms with Crippen LogP contribution in [0.4, 0.5) is 0 Å². The van der Waals surface area contributed by atoms with Gasteiger partial charge >= 0.3 is 0 Å². The molecule has 0 amide bonds. The van der Waals surface area contributed by atoms with Crippen molar-refractivity contribution in [1.29, 1.82) is 0 Å². The third kappa shape index (κ3) is 4.59. The third-order valence-electron chi connectivity index (χ3n) is 4.03. The molecule has 0 aliphatic rings. The molecule has 0 atom stereocenters. The van der Waals surface area contributed by atoms with Crippen LogP contribution < -0.4 is 14.2 Å². The molecule has 0 saturated heterocycles. The summed E-state index contributed by atoms with van der Waals surface area (Å²) in [6, 6.07) is 27.5. The van der Waals surface area contributed by atoms with Crippen molar-refractivity contribution in [3.8, 4) is 46.0 Å². The summed E-state index contributed by atoms with van der Waals surface area (Å²) in [6.45, 7) is 0. The summed E-state index contributed by atoms with van der Waals surface area (Å²) in [5.41, 5.74) is 0. The van der Waals surface area contributed by atoms with Crippen molar-refractivity contribution in [2.45, 2.75) is 0 Å². The molecule has 5 nitrogen and oxygen atoms in total. The average Bonchev–Trinajstić information content (AvgIpc) is 2.74. The molecule has 0 heterocycles. The first kappa shape index (κ1) is 18.3. The van der Waals surface area contributed by atoms with E-state index in [1.54, 1.807) is 54.6 Å². The molecule has 0 radical (unpaired) electrons. The molecule has 0 aliphatic heterocycles. The molecule has 4 aromatic rings. The van der Waals surface area contributed by atoms with Crippen LogP contribution in [0, 0.1) is 0 Å². The van der Waals surface area contributed by atoms with Crippen LogP contribution in [0.3, 0.4) is 0 Å². The maximum absolute atomic E-state index is 9.52. The van der Waals surface area contributed by atoms with E-state index in [0.29, 0.717) is 34.5 Å². The molecule has 4 rings (SSSR count). The summed E-state index contributed by atoms with van der Waals surface area (Å²) in [5.74, 6) is 3.31. The molecule has 0 fully saturated rings. The van der Waals surface area contributed by atoms with E-state index in [1.807, 2.05) is 30.3 Å². The Kier molecular flexibility index (Phi) is 5.21. The third-order valence-corrected chi connectivity index (χ3v) is 4.03. The first-order valence-corrected chi connectivity index (χ1v) is 8.97. The monoisotopic (exact) mass is 386 g/mol. The lowest BCUT2D eigenvalue weighted by Gasteiger charge is -2.16. The van der Waals surface area contributed by atoms with Gasteiger partial charge in [-0.15, -0.1) is 0 Å². The quantitative estimate of drug-likeness (QED) is 0.397. The Labute approximate surface area is 168 Å². The predicted octanol–water partition coefficient (Wildman–Crippen LogP) is 6.47. The lowest BCUT2D eigenvalue weighted by Crippen LogP contribution is -1.94. The van der Waals surface area contributed by atoms with Crippen LogP contribution in [0.2, 0.25) is 0 Å². The highest BCUT2D eigenvalue weighted by Crippen LogP contribution is 2.44. The molecule has 5 heteroatoms. The highest BCUT2D eigenvalue weighted by Gasteiger charge is 2.16. The van der Waals surface area contributed by atoms with Crippen LogP contribution in [0.25, 0.3) is 0 Å². The van der Waals surface area contributed by atoms with Gasteiger partial charge in [0.2, 0.25) is 5.75 Å². The Bertz CT molecular complexity index is 1070. The maximum Gasteiger partial charge on any atom is 0.212 e. The van der Waals surface area contributed by atoms with Crippen molar-refractivity contribution < 1.29 is 24.4 Å². The minimum Gasteiger partial charge on any atom is -0.508 e. The van der Waals surface area contributed by atoms with Gasteiger partial charge in [-0.25, -0.2) is 0 Å². The molecular formula is C24H18O5. The van der Waals surface area contributed by atoms with Gasteiger partial charge in [-0.3, -0.25) is 0 Å². The highest BCUT2D eigenvalue weighted by atomic mass is 16.5. The number of ether oxygens (including phenoxy) is 3. The van der Waals surface area contributed by atoms with Gasteiger partial charge in [0.25, 0.3) is 0 Å². The van der Waals surface area contributed by atoms with Crippen molar-refractivity contribution in [2.24, 2.45) is 0 Å². The number of benzene rings is 4. The number of phenolic OH excluding ortho intramolecular Hbond substituents is 2. The van der Waals surface area contributed by atoms with E-state index in [4.69, 9.17) is 14.2 Å². The second-order valence-electron chi connectivity index (χ2n) is 6.19. The molecule has 0 bridgehead atoms. The lowest BCUT2D eigenvalue weighted by atomic mass is 10.2. The Morgan fingerprint density at radius 2 is 0.862 bits per heavy atom. The molecular weight excluding hydrogens is 368 g/mol. The molecule has 0 unspecified atom stereocenters. The molecule has 0 spiro atoms. The largest absolute Gasteiger partial charge is 0.508 e. The van der Waals surface area contributed by atoms with Gasteiger partial charge in [0.15, 0.2) is 11.5 Å². The zero-order valence-corrected chi connectivity index (χ0v) is 15.4. The van der Waals surface area contributed by atoms with Crippen molar-refractivity contribution in [1.82, 2.24) is 0 Å². The molecule has 4 aromatic carbocycles. The second kappa shape index (κ2) is 8.27. The van der Waals surface area contributed by atoms with Crippen molar-refractivity contribution in [2.75, 3.05) is 0 Å². The molecule has 0 aliphatic carbocycles. The first-order valence-electron chi connectivity index (χ1n) is 8.97. The molecule has 144 valence electrons. The standard InChI is InChI=1S/C24H18O5/c25-17-9-13-20(14-10-17)28-23-8-4-7-22(27-19-5-2-1-3-6-19)24(23)29-21-15-11-18(26)12-16-21/h1-16,25-26H. The van der Waals surface area contributed by atoms with Gasteiger partial charge in [-0.1, -0.05) is 24.3 Å². The zero-order chi connectivity index (χ0) is 20.1. The van der Waals surface area contributed by atoms with Crippen LogP contribution in [0.15, 0.2) is 97.1 Å². The van der Waals surface area contributed by atoms with E-state index in [0.717, 1.165) is 0 Å². The van der Waals surface area contributed by atoms with Gasteiger partial charge in [-0.2, -0.15) is 0 Å². The summed E-state index contributed by atoms with van der Waals surface area (Å²) in [4.78, 5) is 0. The second-order valence-corrected chi connectivity index (χ2v) is 6.19. The fourth-order valence-corrected chi connectivity index (χ4v) is 2.65. The summed E-state index contributed by atoms with van der Waals surface area (Å²) >= 11 is 0. The fourth-order valence-electron chi connectivity index (χ4n) is 2.65. The maximum atomic E-state index is 9.52. The molecule has 2 N–H and O–H groups in total. The highest BCUT2D eigenvalue weighted by molar-refractivity contribution is 5.56. The number of hydrogen-bond donors (Lipinski definition) is 2. The number of aromatic hydroxyl groups is 2. The minimum atomic E-state index is 0.145. The Morgan fingerprint density at radius 3 is 1.38 bits per heavy atom. The summed E-state index contributed by atoms with van der Waals surface area (Å²) in [7, 11) is 0.